The molecule has 0 bridgehead atoms. The van der Waals surface area contributed by atoms with E-state index in [2.05, 4.69) is 29.8 Å². The Morgan fingerprint density at radius 2 is 2.28 bits per heavy atom. The maximum absolute atomic E-state index is 5.83. The van der Waals surface area contributed by atoms with Gasteiger partial charge in [-0.2, -0.15) is 0 Å². The first-order valence-corrected chi connectivity index (χ1v) is 6.58. The Morgan fingerprint density at radius 1 is 1.44 bits per heavy atom. The van der Waals surface area contributed by atoms with E-state index in [1.807, 2.05) is 0 Å². The number of ether oxygens (including phenoxy) is 1. The Morgan fingerprint density at radius 3 is 3.00 bits per heavy atom. The first kappa shape index (κ1) is 11.6. The summed E-state index contributed by atoms with van der Waals surface area (Å²) < 4.78 is 7.64. The number of benzene rings is 1. The number of nitrogens with two attached hydrogens (primary N) is 1. The lowest BCUT2D eigenvalue weighted by Crippen LogP contribution is -2.22. The maximum atomic E-state index is 5.83. The van der Waals surface area contributed by atoms with Crippen molar-refractivity contribution in [3.63, 3.8) is 0 Å². The van der Waals surface area contributed by atoms with Crippen LogP contribution >= 0.6 is 0 Å². The number of methoxy groups -OCH3 is 1. The SMILES string of the molecule is COc1ccc2c3c(n(C)c2c1)CCC(CN)C3. The molecule has 18 heavy (non-hydrogen) atoms. The monoisotopic (exact) mass is 244 g/mol. The van der Waals surface area contributed by atoms with E-state index in [1.165, 1.54) is 28.6 Å². The highest BCUT2D eigenvalue weighted by molar-refractivity contribution is 5.87. The van der Waals surface area contributed by atoms with Crippen LogP contribution in [0.25, 0.3) is 10.9 Å². The fourth-order valence-corrected chi connectivity index (χ4v) is 3.15. The van der Waals surface area contributed by atoms with Crippen molar-refractivity contribution in [1.29, 1.82) is 0 Å². The minimum atomic E-state index is 0.644. The average molecular weight is 244 g/mol. The molecule has 3 nitrogen and oxygen atoms in total. The molecule has 0 amide bonds. The molecule has 0 saturated carbocycles. The van der Waals surface area contributed by atoms with Crippen molar-refractivity contribution in [3.05, 3.63) is 29.5 Å². The average Bonchev–Trinajstić information content (AvgIpc) is 2.71. The van der Waals surface area contributed by atoms with E-state index >= 15 is 0 Å². The summed E-state index contributed by atoms with van der Waals surface area (Å²) in [5.41, 5.74) is 10.1. The van der Waals surface area contributed by atoms with Gasteiger partial charge in [0.2, 0.25) is 0 Å². The summed E-state index contributed by atoms with van der Waals surface area (Å²) in [7, 11) is 3.87. The molecule has 3 rings (SSSR count). The minimum Gasteiger partial charge on any atom is -0.497 e. The Hall–Kier alpha value is -1.48. The van der Waals surface area contributed by atoms with Crippen molar-refractivity contribution in [2.45, 2.75) is 19.3 Å². The molecule has 1 heterocycles. The van der Waals surface area contributed by atoms with Gasteiger partial charge in [-0.15, -0.1) is 0 Å². The van der Waals surface area contributed by atoms with E-state index in [-0.39, 0.29) is 0 Å². The van der Waals surface area contributed by atoms with Crippen LogP contribution < -0.4 is 10.5 Å². The number of rotatable bonds is 2. The highest BCUT2D eigenvalue weighted by Gasteiger charge is 2.23. The second kappa shape index (κ2) is 4.32. The molecule has 2 N–H and O–H groups in total. The highest BCUT2D eigenvalue weighted by atomic mass is 16.5. The van der Waals surface area contributed by atoms with Gasteiger partial charge in [0.25, 0.3) is 0 Å². The predicted molar refractivity (Wildman–Crippen MR) is 74.0 cm³/mol. The summed E-state index contributed by atoms with van der Waals surface area (Å²) in [4.78, 5) is 0. The van der Waals surface area contributed by atoms with E-state index in [1.54, 1.807) is 7.11 Å². The Labute approximate surface area is 108 Å². The zero-order valence-electron chi connectivity index (χ0n) is 11.1. The lowest BCUT2D eigenvalue weighted by atomic mass is 9.86. The van der Waals surface area contributed by atoms with E-state index in [0.29, 0.717) is 5.92 Å². The van der Waals surface area contributed by atoms with Crippen molar-refractivity contribution in [1.82, 2.24) is 4.57 Å². The molecule has 2 aromatic rings. The van der Waals surface area contributed by atoms with Crippen molar-refractivity contribution in [2.24, 2.45) is 18.7 Å². The number of hydrogen-bond acceptors (Lipinski definition) is 2. The van der Waals surface area contributed by atoms with Crippen LogP contribution in [0.2, 0.25) is 0 Å². The molecule has 1 aromatic carbocycles. The van der Waals surface area contributed by atoms with Crippen molar-refractivity contribution in [2.75, 3.05) is 13.7 Å². The van der Waals surface area contributed by atoms with Crippen LogP contribution in [-0.4, -0.2) is 18.2 Å². The van der Waals surface area contributed by atoms with Gasteiger partial charge in [0.05, 0.1) is 12.6 Å². The fourth-order valence-electron chi connectivity index (χ4n) is 3.15. The summed E-state index contributed by atoms with van der Waals surface area (Å²) in [6.45, 7) is 0.798. The summed E-state index contributed by atoms with van der Waals surface area (Å²) in [5, 5.41) is 1.37. The third-order valence-electron chi connectivity index (χ3n) is 4.26. The van der Waals surface area contributed by atoms with E-state index in [9.17, 15) is 0 Å². The molecular weight excluding hydrogens is 224 g/mol. The smallest absolute Gasteiger partial charge is 0.120 e. The molecule has 0 radical (unpaired) electrons. The van der Waals surface area contributed by atoms with E-state index in [4.69, 9.17) is 10.5 Å². The van der Waals surface area contributed by atoms with Crippen LogP contribution in [0.3, 0.4) is 0 Å². The molecule has 3 heteroatoms. The Balaban J connectivity index is 2.18. The molecule has 0 spiro atoms. The second-order valence-electron chi connectivity index (χ2n) is 5.21. The normalized spacial score (nSPS) is 18.9. The van der Waals surface area contributed by atoms with Crippen LogP contribution in [0.1, 0.15) is 17.7 Å². The second-order valence-corrected chi connectivity index (χ2v) is 5.21. The molecule has 96 valence electrons. The van der Waals surface area contributed by atoms with Crippen molar-refractivity contribution in [3.8, 4) is 5.75 Å². The van der Waals surface area contributed by atoms with E-state index in [0.717, 1.165) is 25.1 Å². The Kier molecular flexibility index (Phi) is 2.78. The lowest BCUT2D eigenvalue weighted by Gasteiger charge is -2.21. The van der Waals surface area contributed by atoms with E-state index < -0.39 is 0 Å². The van der Waals surface area contributed by atoms with Gasteiger partial charge in [0, 0.05) is 24.2 Å². The molecule has 1 atom stereocenters. The van der Waals surface area contributed by atoms with Crippen LogP contribution in [0, 0.1) is 5.92 Å². The van der Waals surface area contributed by atoms with Crippen LogP contribution in [0.15, 0.2) is 18.2 Å². The quantitative estimate of drug-likeness (QED) is 0.880. The summed E-state index contributed by atoms with van der Waals surface area (Å²) in [5.74, 6) is 1.57. The molecule has 0 saturated heterocycles. The van der Waals surface area contributed by atoms with Crippen molar-refractivity contribution >= 4 is 10.9 Å². The number of fused-ring (bicyclic) bond motifs is 3. The predicted octanol–water partition coefficient (Wildman–Crippen LogP) is 2.25. The topological polar surface area (TPSA) is 40.2 Å². The van der Waals surface area contributed by atoms with Gasteiger partial charge in [-0.1, -0.05) is 0 Å². The first-order chi connectivity index (χ1) is 8.74. The molecule has 1 aromatic heterocycles. The maximum Gasteiger partial charge on any atom is 0.120 e. The third kappa shape index (κ3) is 1.62. The Bertz CT molecular complexity index is 586. The number of hydrogen-bond donors (Lipinski definition) is 1. The minimum absolute atomic E-state index is 0.644. The third-order valence-corrected chi connectivity index (χ3v) is 4.26. The summed E-state index contributed by atoms with van der Waals surface area (Å²) in [6.07, 6.45) is 3.48. The van der Waals surface area contributed by atoms with Gasteiger partial charge in [-0.3, -0.25) is 0 Å². The zero-order valence-corrected chi connectivity index (χ0v) is 11.1. The standard InChI is InChI=1S/C15H20N2O/c1-17-14-6-3-10(9-16)7-13(14)12-5-4-11(18-2)8-15(12)17/h4-5,8,10H,3,6-7,9,16H2,1-2H3. The number of aromatic nitrogens is 1. The number of nitrogens with zero attached hydrogens (tertiary/aromatic N) is 1. The van der Waals surface area contributed by atoms with Crippen LogP contribution in [0.4, 0.5) is 0 Å². The lowest BCUT2D eigenvalue weighted by molar-refractivity contribution is 0.415. The molecule has 0 aliphatic heterocycles. The van der Waals surface area contributed by atoms with Gasteiger partial charge in [0.1, 0.15) is 5.75 Å². The van der Waals surface area contributed by atoms with Gasteiger partial charge in [-0.25, -0.2) is 0 Å². The highest BCUT2D eigenvalue weighted by Crippen LogP contribution is 2.34. The molecular formula is C15H20N2O. The van der Waals surface area contributed by atoms with Crippen LogP contribution in [0.5, 0.6) is 5.75 Å². The summed E-state index contributed by atoms with van der Waals surface area (Å²) in [6, 6.07) is 6.37. The first-order valence-electron chi connectivity index (χ1n) is 6.58. The molecule has 1 aliphatic rings. The van der Waals surface area contributed by atoms with Gasteiger partial charge in [-0.05, 0) is 49.4 Å². The molecule has 1 unspecified atom stereocenters. The van der Waals surface area contributed by atoms with Crippen molar-refractivity contribution < 1.29 is 4.74 Å². The molecule has 0 fully saturated rings. The summed E-state index contributed by atoms with van der Waals surface area (Å²) >= 11 is 0. The zero-order chi connectivity index (χ0) is 12.7. The van der Waals surface area contributed by atoms with Gasteiger partial charge < -0.3 is 15.0 Å². The van der Waals surface area contributed by atoms with Gasteiger partial charge >= 0.3 is 0 Å². The number of aryl methyl sites for hydroxylation is 1. The fraction of sp³-hybridized carbons (Fsp3) is 0.467. The van der Waals surface area contributed by atoms with Gasteiger partial charge in [0.15, 0.2) is 0 Å². The largest absolute Gasteiger partial charge is 0.497 e. The van der Waals surface area contributed by atoms with Crippen LogP contribution in [-0.2, 0) is 19.9 Å². The molecule has 1 aliphatic carbocycles.